The molecule has 38 heavy (non-hydrogen) atoms. The highest BCUT2D eigenvalue weighted by molar-refractivity contribution is 8.15. The van der Waals surface area contributed by atoms with Crippen molar-refractivity contribution in [1.82, 2.24) is 4.90 Å². The zero-order valence-electron chi connectivity index (χ0n) is 20.2. The summed E-state index contributed by atoms with van der Waals surface area (Å²) >= 11 is 1.15. The van der Waals surface area contributed by atoms with Gasteiger partial charge in [0.2, 0.25) is 18.6 Å². The molecular formula is C27H22FN3O6S. The number of rotatable bonds is 6. The van der Waals surface area contributed by atoms with Gasteiger partial charge in [-0.15, -0.1) is 0 Å². The Morgan fingerprint density at radius 2 is 1.82 bits per heavy atom. The summed E-state index contributed by atoms with van der Waals surface area (Å²) in [6, 6.07) is 17.2. The molecule has 11 heteroatoms. The van der Waals surface area contributed by atoms with Crippen LogP contribution in [0.3, 0.4) is 0 Å². The van der Waals surface area contributed by atoms with E-state index in [9.17, 15) is 18.8 Å². The summed E-state index contributed by atoms with van der Waals surface area (Å²) in [5, 5.41) is 2.34. The van der Waals surface area contributed by atoms with Crippen LogP contribution in [0.4, 0.5) is 15.8 Å². The van der Waals surface area contributed by atoms with Gasteiger partial charge in [-0.05, 0) is 66.2 Å². The summed E-state index contributed by atoms with van der Waals surface area (Å²) < 4.78 is 28.9. The Kier molecular flexibility index (Phi) is 7.27. The number of carbonyl (C=O) groups excluding carboxylic acids is 3. The molecule has 5 rings (SSSR count). The van der Waals surface area contributed by atoms with Gasteiger partial charge in [0.15, 0.2) is 16.7 Å². The number of benzene rings is 3. The molecule has 0 saturated carbocycles. The van der Waals surface area contributed by atoms with Gasteiger partial charge in [-0.2, -0.15) is 0 Å². The highest BCUT2D eigenvalue weighted by atomic mass is 32.2. The number of hydrogen-bond donors (Lipinski definition) is 1. The van der Waals surface area contributed by atoms with Gasteiger partial charge in [0.25, 0.3) is 0 Å². The van der Waals surface area contributed by atoms with E-state index in [0.29, 0.717) is 33.6 Å². The number of nitrogens with zero attached hydrogens (tertiary/aromatic N) is 2. The van der Waals surface area contributed by atoms with E-state index in [1.165, 1.54) is 48.4 Å². The van der Waals surface area contributed by atoms with E-state index in [1.807, 2.05) is 6.07 Å². The smallest absolute Gasteiger partial charge is 0.337 e. The zero-order valence-corrected chi connectivity index (χ0v) is 21.0. The van der Waals surface area contributed by atoms with E-state index in [-0.39, 0.29) is 31.6 Å². The van der Waals surface area contributed by atoms with Crippen molar-refractivity contribution < 1.29 is 33.0 Å². The van der Waals surface area contributed by atoms with Crippen LogP contribution in [0.25, 0.3) is 0 Å². The number of ether oxygens (including phenoxy) is 3. The third-order valence-electron chi connectivity index (χ3n) is 5.83. The maximum Gasteiger partial charge on any atom is 0.337 e. The van der Waals surface area contributed by atoms with Crippen molar-refractivity contribution >= 4 is 46.1 Å². The number of esters is 1. The quantitative estimate of drug-likeness (QED) is 0.463. The number of amidine groups is 1. The number of hydrogen-bond acceptors (Lipinski definition) is 8. The predicted molar refractivity (Wildman–Crippen MR) is 139 cm³/mol. The van der Waals surface area contributed by atoms with Crippen LogP contribution in [-0.4, -0.2) is 47.0 Å². The first-order valence-corrected chi connectivity index (χ1v) is 12.5. The Bertz CT molecular complexity index is 1410. The standard InChI is InChI=1S/C27H22FN3O6S/c1-35-26(34)17-3-7-19(8-4-17)29-25(33)23-13-24(32)31(14-16-2-11-21-22(12-16)37-15-36-21)27(38-23)30-20-9-5-18(28)6-10-20/h2-12,23H,13-15H2,1H3,(H,29,33). The number of aliphatic imine (C=N–C) groups is 1. The van der Waals surface area contributed by atoms with Crippen LogP contribution in [0.5, 0.6) is 11.5 Å². The van der Waals surface area contributed by atoms with Crippen molar-refractivity contribution in [3.05, 3.63) is 83.7 Å². The Labute approximate surface area is 221 Å². The first-order chi connectivity index (χ1) is 18.4. The van der Waals surface area contributed by atoms with E-state index in [4.69, 9.17) is 9.47 Å². The molecule has 0 radical (unpaired) electrons. The van der Waals surface area contributed by atoms with Crippen molar-refractivity contribution in [3.63, 3.8) is 0 Å². The summed E-state index contributed by atoms with van der Waals surface area (Å²) in [6.45, 7) is 0.336. The van der Waals surface area contributed by atoms with E-state index < -0.39 is 17.0 Å². The van der Waals surface area contributed by atoms with E-state index in [1.54, 1.807) is 24.3 Å². The second-order valence-electron chi connectivity index (χ2n) is 8.41. The number of methoxy groups -OCH3 is 1. The lowest BCUT2D eigenvalue weighted by Crippen LogP contribution is -2.44. The molecular weight excluding hydrogens is 513 g/mol. The van der Waals surface area contributed by atoms with E-state index >= 15 is 0 Å². The van der Waals surface area contributed by atoms with Crippen LogP contribution >= 0.6 is 11.8 Å². The summed E-state index contributed by atoms with van der Waals surface area (Å²) in [4.78, 5) is 44.1. The molecule has 0 spiro atoms. The fourth-order valence-electron chi connectivity index (χ4n) is 3.87. The van der Waals surface area contributed by atoms with Crippen molar-refractivity contribution in [2.75, 3.05) is 19.2 Å². The maximum atomic E-state index is 13.4. The number of fused-ring (bicyclic) bond motifs is 1. The van der Waals surface area contributed by atoms with Crippen LogP contribution < -0.4 is 14.8 Å². The molecule has 1 unspecified atom stereocenters. The molecule has 2 amide bonds. The van der Waals surface area contributed by atoms with E-state index in [2.05, 4.69) is 15.0 Å². The van der Waals surface area contributed by atoms with Gasteiger partial charge in [-0.3, -0.25) is 14.5 Å². The second-order valence-corrected chi connectivity index (χ2v) is 9.58. The minimum atomic E-state index is -0.755. The van der Waals surface area contributed by atoms with Crippen molar-refractivity contribution in [3.8, 4) is 11.5 Å². The lowest BCUT2D eigenvalue weighted by Gasteiger charge is -2.32. The number of carbonyl (C=O) groups is 3. The molecule has 3 aromatic carbocycles. The van der Waals surface area contributed by atoms with Crippen LogP contribution in [0.15, 0.2) is 71.7 Å². The lowest BCUT2D eigenvalue weighted by atomic mass is 10.1. The first-order valence-electron chi connectivity index (χ1n) is 11.6. The summed E-state index contributed by atoms with van der Waals surface area (Å²) in [7, 11) is 1.29. The van der Waals surface area contributed by atoms with Gasteiger partial charge in [-0.25, -0.2) is 14.2 Å². The number of nitrogens with one attached hydrogen (secondary N) is 1. The Hall–Kier alpha value is -4.38. The van der Waals surface area contributed by atoms with Crippen LogP contribution in [-0.2, 0) is 20.9 Å². The first kappa shape index (κ1) is 25.3. The molecule has 3 aromatic rings. The van der Waals surface area contributed by atoms with E-state index in [0.717, 1.165) is 17.3 Å². The number of anilines is 1. The molecule has 1 atom stereocenters. The zero-order chi connectivity index (χ0) is 26.6. The normalized spacial score (nSPS) is 17.4. The van der Waals surface area contributed by atoms with Crippen molar-refractivity contribution in [2.24, 2.45) is 4.99 Å². The van der Waals surface area contributed by atoms with Crippen LogP contribution in [0, 0.1) is 5.82 Å². The van der Waals surface area contributed by atoms with Gasteiger partial charge in [0, 0.05) is 12.1 Å². The van der Waals surface area contributed by atoms with Crippen molar-refractivity contribution in [1.29, 1.82) is 0 Å². The maximum absolute atomic E-state index is 13.4. The number of amides is 2. The van der Waals surface area contributed by atoms with Gasteiger partial charge in [-0.1, -0.05) is 17.8 Å². The highest BCUT2D eigenvalue weighted by Gasteiger charge is 2.36. The fourth-order valence-corrected chi connectivity index (χ4v) is 4.97. The molecule has 194 valence electrons. The third kappa shape index (κ3) is 5.62. The van der Waals surface area contributed by atoms with Gasteiger partial charge >= 0.3 is 5.97 Å². The molecule has 9 nitrogen and oxygen atoms in total. The molecule has 0 bridgehead atoms. The average Bonchev–Trinajstić information content (AvgIpc) is 3.39. The molecule has 1 fully saturated rings. The third-order valence-corrected chi connectivity index (χ3v) is 7.02. The molecule has 1 N–H and O–H groups in total. The Morgan fingerprint density at radius 3 is 2.55 bits per heavy atom. The predicted octanol–water partition coefficient (Wildman–Crippen LogP) is 4.50. The molecule has 2 aliphatic rings. The summed E-state index contributed by atoms with van der Waals surface area (Å²) in [6.07, 6.45) is -0.0519. The monoisotopic (exact) mass is 535 g/mol. The lowest BCUT2D eigenvalue weighted by molar-refractivity contribution is -0.129. The topological polar surface area (TPSA) is 107 Å². The molecule has 0 aliphatic carbocycles. The molecule has 2 aliphatic heterocycles. The average molecular weight is 536 g/mol. The van der Waals surface area contributed by atoms with Gasteiger partial charge in [0.1, 0.15) is 11.1 Å². The van der Waals surface area contributed by atoms with Crippen LogP contribution in [0.1, 0.15) is 22.3 Å². The highest BCUT2D eigenvalue weighted by Crippen LogP contribution is 2.35. The largest absolute Gasteiger partial charge is 0.465 e. The Balaban J connectivity index is 1.37. The minimum absolute atomic E-state index is 0.0519. The Morgan fingerprint density at radius 1 is 1.08 bits per heavy atom. The number of halogens is 1. The SMILES string of the molecule is COC(=O)c1ccc(NC(=O)C2CC(=O)N(Cc3ccc4c(c3)OCO4)C(=Nc3ccc(F)cc3)S2)cc1. The molecule has 0 aromatic heterocycles. The van der Waals surface area contributed by atoms with Gasteiger partial charge < -0.3 is 19.5 Å². The summed E-state index contributed by atoms with van der Waals surface area (Å²) in [5.74, 6) is -0.349. The minimum Gasteiger partial charge on any atom is -0.465 e. The van der Waals surface area contributed by atoms with Crippen LogP contribution in [0.2, 0.25) is 0 Å². The molecule has 1 saturated heterocycles. The molecule has 2 heterocycles. The second kappa shape index (κ2) is 10.9. The summed E-state index contributed by atoms with van der Waals surface area (Å²) in [5.41, 5.74) is 2.05. The van der Waals surface area contributed by atoms with Gasteiger partial charge in [0.05, 0.1) is 24.9 Å². The fraction of sp³-hybridized carbons (Fsp3) is 0.185. The number of thioether (sulfide) groups is 1. The van der Waals surface area contributed by atoms with Crippen molar-refractivity contribution in [2.45, 2.75) is 18.2 Å².